The average Bonchev–Trinajstić information content (AvgIpc) is 2.91. The molecular weight excluding hydrogens is 268 g/mol. The number of rotatable bonds is 5. The first-order valence-corrected chi connectivity index (χ1v) is 7.52. The molecule has 2 N–H and O–H groups in total. The number of nitrogens with one attached hydrogen (secondary N) is 2. The van der Waals surface area contributed by atoms with Gasteiger partial charge in [0.05, 0.1) is 31.5 Å². The van der Waals surface area contributed by atoms with Gasteiger partial charge in [-0.1, -0.05) is 20.8 Å². The van der Waals surface area contributed by atoms with Gasteiger partial charge < -0.3 is 19.9 Å². The van der Waals surface area contributed by atoms with E-state index in [0.717, 1.165) is 19.6 Å². The van der Waals surface area contributed by atoms with Crippen LogP contribution in [0, 0.1) is 5.41 Å². The van der Waals surface area contributed by atoms with Crippen molar-refractivity contribution in [2.45, 2.75) is 45.9 Å². The Balaban J connectivity index is 1.89. The molecule has 0 aromatic carbocycles. The molecule has 1 aromatic heterocycles. The second kappa shape index (κ2) is 7.04. The van der Waals surface area contributed by atoms with E-state index in [1.54, 1.807) is 12.5 Å². The van der Waals surface area contributed by atoms with Gasteiger partial charge in [0.15, 0.2) is 0 Å². The summed E-state index contributed by atoms with van der Waals surface area (Å²) in [7, 11) is 0. The van der Waals surface area contributed by atoms with Gasteiger partial charge in [-0.3, -0.25) is 4.79 Å². The first-order valence-electron chi connectivity index (χ1n) is 7.52. The predicted octanol–water partition coefficient (Wildman–Crippen LogP) is 0.793. The van der Waals surface area contributed by atoms with Crippen LogP contribution in [0.25, 0.3) is 0 Å². The van der Waals surface area contributed by atoms with Crippen LogP contribution in [-0.2, 0) is 16.1 Å². The third kappa shape index (κ3) is 5.13. The number of carbonyl (C=O) groups is 1. The molecule has 2 unspecified atom stereocenters. The topological polar surface area (TPSA) is 68.2 Å². The Kier molecular flexibility index (Phi) is 5.36. The molecule has 118 valence electrons. The average molecular weight is 294 g/mol. The summed E-state index contributed by atoms with van der Waals surface area (Å²) in [4.78, 5) is 16.3. The molecule has 1 aliphatic heterocycles. The molecule has 1 saturated heterocycles. The lowest BCUT2D eigenvalue weighted by Gasteiger charge is -2.32. The largest absolute Gasteiger partial charge is 0.375 e. The van der Waals surface area contributed by atoms with E-state index in [-0.39, 0.29) is 23.5 Å². The molecule has 6 nitrogen and oxygen atoms in total. The lowest BCUT2D eigenvalue weighted by molar-refractivity contribution is -0.126. The van der Waals surface area contributed by atoms with Crippen molar-refractivity contribution in [2.75, 3.05) is 19.7 Å². The van der Waals surface area contributed by atoms with E-state index in [0.29, 0.717) is 13.0 Å². The third-order valence-corrected chi connectivity index (χ3v) is 3.75. The summed E-state index contributed by atoms with van der Waals surface area (Å²) in [6, 6.07) is 0.0516. The summed E-state index contributed by atoms with van der Waals surface area (Å²) in [6.07, 6.45) is 5.83. The van der Waals surface area contributed by atoms with Crippen LogP contribution < -0.4 is 10.6 Å². The number of nitrogens with zero attached hydrogens (tertiary/aromatic N) is 2. The maximum Gasteiger partial charge on any atom is 0.222 e. The van der Waals surface area contributed by atoms with Gasteiger partial charge in [-0.15, -0.1) is 0 Å². The fourth-order valence-electron chi connectivity index (χ4n) is 2.35. The molecule has 1 fully saturated rings. The summed E-state index contributed by atoms with van der Waals surface area (Å²) in [5, 5.41) is 6.39. The van der Waals surface area contributed by atoms with Gasteiger partial charge in [0, 0.05) is 32.0 Å². The highest BCUT2D eigenvalue weighted by atomic mass is 16.5. The molecule has 1 aromatic rings. The van der Waals surface area contributed by atoms with E-state index < -0.39 is 0 Å². The van der Waals surface area contributed by atoms with Crippen LogP contribution in [0.4, 0.5) is 0 Å². The minimum absolute atomic E-state index is 0.0207. The second-order valence-corrected chi connectivity index (χ2v) is 6.65. The molecule has 0 spiro atoms. The van der Waals surface area contributed by atoms with Crippen molar-refractivity contribution >= 4 is 5.91 Å². The second-order valence-electron chi connectivity index (χ2n) is 6.65. The molecule has 1 amide bonds. The van der Waals surface area contributed by atoms with Crippen LogP contribution in [0.2, 0.25) is 0 Å². The van der Waals surface area contributed by atoms with E-state index in [1.807, 2.05) is 10.8 Å². The Bertz CT molecular complexity index is 433. The zero-order chi connectivity index (χ0) is 15.3. The van der Waals surface area contributed by atoms with E-state index >= 15 is 0 Å². The number of aromatic nitrogens is 2. The van der Waals surface area contributed by atoms with Crippen LogP contribution in [0.1, 0.15) is 27.2 Å². The Morgan fingerprint density at radius 3 is 2.95 bits per heavy atom. The lowest BCUT2D eigenvalue weighted by Crippen LogP contribution is -2.48. The van der Waals surface area contributed by atoms with E-state index in [1.165, 1.54) is 0 Å². The van der Waals surface area contributed by atoms with Gasteiger partial charge in [0.2, 0.25) is 5.91 Å². The van der Waals surface area contributed by atoms with Crippen molar-refractivity contribution in [3.63, 3.8) is 0 Å². The zero-order valence-corrected chi connectivity index (χ0v) is 13.1. The molecule has 6 heteroatoms. The van der Waals surface area contributed by atoms with Crippen LogP contribution in [0.3, 0.4) is 0 Å². The number of hydrogen-bond donors (Lipinski definition) is 2. The van der Waals surface area contributed by atoms with Crippen LogP contribution >= 0.6 is 0 Å². The first kappa shape index (κ1) is 16.0. The highest BCUT2D eigenvalue weighted by Crippen LogP contribution is 2.21. The van der Waals surface area contributed by atoms with E-state index in [2.05, 4.69) is 36.4 Å². The number of morpholine rings is 1. The van der Waals surface area contributed by atoms with E-state index in [9.17, 15) is 4.79 Å². The molecule has 2 rings (SSSR count). The number of hydrogen-bond acceptors (Lipinski definition) is 4. The standard InChI is InChI=1S/C15H26N4O2/c1-15(2,3)13(10-19-6-4-17-11-19)18-14(20)8-12-9-16-5-7-21-12/h4,6,11-13,16H,5,7-10H2,1-3H3,(H,18,20). The first-order chi connectivity index (χ1) is 9.95. The van der Waals surface area contributed by atoms with Crippen molar-refractivity contribution in [3.05, 3.63) is 18.7 Å². The number of ether oxygens (including phenoxy) is 1. The summed E-state index contributed by atoms with van der Waals surface area (Å²) >= 11 is 0. The van der Waals surface area contributed by atoms with Gasteiger partial charge >= 0.3 is 0 Å². The molecule has 2 heterocycles. The van der Waals surface area contributed by atoms with Crippen molar-refractivity contribution in [1.82, 2.24) is 20.2 Å². The normalized spacial score (nSPS) is 21.0. The minimum Gasteiger partial charge on any atom is -0.375 e. The fraction of sp³-hybridized carbons (Fsp3) is 0.733. The van der Waals surface area contributed by atoms with Gasteiger partial charge in [-0.2, -0.15) is 0 Å². The third-order valence-electron chi connectivity index (χ3n) is 3.75. The Morgan fingerprint density at radius 1 is 1.57 bits per heavy atom. The Morgan fingerprint density at radius 2 is 2.38 bits per heavy atom. The molecule has 21 heavy (non-hydrogen) atoms. The van der Waals surface area contributed by atoms with Gasteiger partial charge in [-0.05, 0) is 5.41 Å². The number of imidazole rings is 1. The van der Waals surface area contributed by atoms with Gasteiger partial charge in [-0.25, -0.2) is 4.98 Å². The smallest absolute Gasteiger partial charge is 0.222 e. The summed E-state index contributed by atoms with van der Waals surface area (Å²) in [5.74, 6) is 0.0451. The van der Waals surface area contributed by atoms with Crippen molar-refractivity contribution < 1.29 is 9.53 Å². The molecule has 0 bridgehead atoms. The summed E-state index contributed by atoms with van der Waals surface area (Å²) < 4.78 is 7.58. The van der Waals surface area contributed by atoms with Crippen LogP contribution in [0.15, 0.2) is 18.7 Å². The SMILES string of the molecule is CC(C)(C)C(Cn1ccnc1)NC(=O)CC1CNCCO1. The highest BCUT2D eigenvalue weighted by Gasteiger charge is 2.27. The summed E-state index contributed by atoms with van der Waals surface area (Å²) in [6.45, 7) is 9.40. The molecule has 2 atom stereocenters. The van der Waals surface area contributed by atoms with Gasteiger partial charge in [0.25, 0.3) is 0 Å². The van der Waals surface area contributed by atoms with Crippen molar-refractivity contribution in [3.8, 4) is 0 Å². The van der Waals surface area contributed by atoms with Crippen LogP contribution in [-0.4, -0.2) is 47.3 Å². The summed E-state index contributed by atoms with van der Waals surface area (Å²) in [5.41, 5.74) is -0.0222. The highest BCUT2D eigenvalue weighted by molar-refractivity contribution is 5.76. The quantitative estimate of drug-likeness (QED) is 0.842. The fourth-order valence-corrected chi connectivity index (χ4v) is 2.35. The maximum atomic E-state index is 12.3. The maximum absolute atomic E-state index is 12.3. The molecule has 0 radical (unpaired) electrons. The molecular formula is C15H26N4O2. The molecule has 1 aliphatic rings. The van der Waals surface area contributed by atoms with Crippen molar-refractivity contribution in [1.29, 1.82) is 0 Å². The Hall–Kier alpha value is -1.40. The predicted molar refractivity (Wildman–Crippen MR) is 80.8 cm³/mol. The van der Waals surface area contributed by atoms with E-state index in [4.69, 9.17) is 4.74 Å². The minimum atomic E-state index is -0.0222. The zero-order valence-electron chi connectivity index (χ0n) is 13.1. The van der Waals surface area contributed by atoms with Gasteiger partial charge in [0.1, 0.15) is 0 Å². The number of carbonyl (C=O) groups excluding carboxylic acids is 1. The van der Waals surface area contributed by atoms with Crippen molar-refractivity contribution in [2.24, 2.45) is 5.41 Å². The molecule has 0 aliphatic carbocycles. The Labute approximate surface area is 126 Å². The van der Waals surface area contributed by atoms with Crippen LogP contribution in [0.5, 0.6) is 0 Å². The monoisotopic (exact) mass is 294 g/mol. The number of amides is 1. The lowest BCUT2D eigenvalue weighted by atomic mass is 9.86. The molecule has 0 saturated carbocycles.